The first-order valence-electron chi connectivity index (χ1n) is 9.09. The molecular weight excluding hydrogens is 368 g/mol. The van der Waals surface area contributed by atoms with Crippen LogP contribution in [0.4, 0.5) is 0 Å². The first kappa shape index (κ1) is 19.9. The minimum absolute atomic E-state index is 0.0361. The molecule has 0 bridgehead atoms. The Kier molecular flexibility index (Phi) is 6.47. The number of aromatic hydroxyl groups is 1. The van der Waals surface area contributed by atoms with Gasteiger partial charge in [-0.3, -0.25) is 4.79 Å². The van der Waals surface area contributed by atoms with E-state index >= 15 is 0 Å². The summed E-state index contributed by atoms with van der Waals surface area (Å²) >= 11 is 0. The van der Waals surface area contributed by atoms with Gasteiger partial charge < -0.3 is 14.6 Å². The second-order valence-corrected chi connectivity index (χ2v) is 6.32. The van der Waals surface area contributed by atoms with Crippen molar-refractivity contribution in [2.75, 3.05) is 7.11 Å². The van der Waals surface area contributed by atoms with Crippen LogP contribution in [-0.4, -0.2) is 30.4 Å². The predicted molar refractivity (Wildman–Crippen MR) is 112 cm³/mol. The van der Waals surface area contributed by atoms with E-state index < -0.39 is 6.10 Å². The van der Waals surface area contributed by atoms with Crippen LogP contribution < -0.4 is 14.9 Å². The normalized spacial score (nSPS) is 11.8. The fourth-order valence-electron chi connectivity index (χ4n) is 2.65. The van der Waals surface area contributed by atoms with Gasteiger partial charge in [0.15, 0.2) is 17.6 Å². The van der Waals surface area contributed by atoms with Crippen molar-refractivity contribution in [2.24, 2.45) is 5.10 Å². The zero-order valence-electron chi connectivity index (χ0n) is 16.2. The molecule has 0 saturated heterocycles. The van der Waals surface area contributed by atoms with E-state index in [-0.39, 0.29) is 11.7 Å². The number of hydrogen-bond donors (Lipinski definition) is 2. The van der Waals surface area contributed by atoms with Crippen molar-refractivity contribution >= 4 is 12.1 Å². The van der Waals surface area contributed by atoms with Gasteiger partial charge in [0.1, 0.15) is 5.75 Å². The maximum Gasteiger partial charge on any atom is 0.280 e. The van der Waals surface area contributed by atoms with Crippen LogP contribution in [0.2, 0.25) is 0 Å². The molecule has 3 aromatic rings. The molecule has 0 heterocycles. The topological polar surface area (TPSA) is 80.2 Å². The van der Waals surface area contributed by atoms with Crippen LogP contribution in [0, 0.1) is 0 Å². The smallest absolute Gasteiger partial charge is 0.280 e. The average Bonchev–Trinajstić information content (AvgIpc) is 2.76. The fraction of sp³-hybridized carbons (Fsp3) is 0.130. The summed E-state index contributed by atoms with van der Waals surface area (Å²) < 4.78 is 10.7. The van der Waals surface area contributed by atoms with E-state index in [1.807, 2.05) is 54.6 Å². The van der Waals surface area contributed by atoms with Gasteiger partial charge in [-0.15, -0.1) is 0 Å². The maximum absolute atomic E-state index is 12.2. The summed E-state index contributed by atoms with van der Waals surface area (Å²) in [6.45, 7) is 1.65. The zero-order valence-corrected chi connectivity index (χ0v) is 16.2. The molecule has 29 heavy (non-hydrogen) atoms. The Morgan fingerprint density at radius 1 is 1.03 bits per heavy atom. The van der Waals surface area contributed by atoms with Gasteiger partial charge in [0, 0.05) is 0 Å². The van der Waals surface area contributed by atoms with Crippen LogP contribution in [0.1, 0.15) is 12.5 Å². The number of rotatable bonds is 7. The highest BCUT2D eigenvalue weighted by Gasteiger charge is 2.14. The highest BCUT2D eigenvalue weighted by Crippen LogP contribution is 2.25. The van der Waals surface area contributed by atoms with Gasteiger partial charge in [0.2, 0.25) is 0 Å². The second kappa shape index (κ2) is 9.41. The number of hydrogen-bond acceptors (Lipinski definition) is 5. The summed E-state index contributed by atoms with van der Waals surface area (Å²) in [4.78, 5) is 12.2. The molecule has 3 rings (SSSR count). The third-order valence-electron chi connectivity index (χ3n) is 4.24. The van der Waals surface area contributed by atoms with Crippen LogP contribution >= 0.6 is 0 Å². The molecule has 3 aromatic carbocycles. The highest BCUT2D eigenvalue weighted by molar-refractivity contribution is 5.85. The summed E-state index contributed by atoms with van der Waals surface area (Å²) in [6, 6.07) is 22.3. The number of phenols is 1. The monoisotopic (exact) mass is 390 g/mol. The Bertz CT molecular complexity index is 986. The molecule has 0 spiro atoms. The molecule has 0 saturated carbocycles. The Hall–Kier alpha value is -3.80. The number of hydrazone groups is 1. The molecule has 0 fully saturated rings. The number of benzene rings is 3. The summed E-state index contributed by atoms with van der Waals surface area (Å²) in [5, 5.41) is 13.5. The number of ether oxygens (including phenoxy) is 2. The van der Waals surface area contributed by atoms with E-state index in [1.54, 1.807) is 19.1 Å². The lowest BCUT2D eigenvalue weighted by Crippen LogP contribution is -2.33. The first-order chi connectivity index (χ1) is 14.1. The quantitative estimate of drug-likeness (QED) is 0.472. The third-order valence-corrected chi connectivity index (χ3v) is 4.24. The Morgan fingerprint density at radius 3 is 2.41 bits per heavy atom. The van der Waals surface area contributed by atoms with Gasteiger partial charge in [0.05, 0.1) is 13.3 Å². The summed E-state index contributed by atoms with van der Waals surface area (Å²) in [5.74, 6) is 0.587. The Balaban J connectivity index is 1.55. The van der Waals surface area contributed by atoms with Gasteiger partial charge in [-0.2, -0.15) is 5.10 Å². The van der Waals surface area contributed by atoms with Crippen LogP contribution in [0.3, 0.4) is 0 Å². The van der Waals surface area contributed by atoms with Crippen molar-refractivity contribution in [2.45, 2.75) is 13.0 Å². The van der Waals surface area contributed by atoms with Crippen LogP contribution in [-0.2, 0) is 4.79 Å². The molecule has 6 heteroatoms. The molecule has 2 N–H and O–H groups in total. The summed E-state index contributed by atoms with van der Waals surface area (Å²) in [5.41, 5.74) is 5.30. The third kappa shape index (κ3) is 5.35. The predicted octanol–water partition coefficient (Wildman–Crippen LogP) is 3.99. The van der Waals surface area contributed by atoms with Gasteiger partial charge in [0.25, 0.3) is 5.91 Å². The summed E-state index contributed by atoms with van der Waals surface area (Å²) in [6.07, 6.45) is 0.741. The highest BCUT2D eigenvalue weighted by atomic mass is 16.5. The van der Waals surface area contributed by atoms with E-state index in [0.29, 0.717) is 17.1 Å². The number of phenolic OH excluding ortho intramolecular Hbond substituents is 1. The van der Waals surface area contributed by atoms with E-state index in [9.17, 15) is 9.90 Å². The average molecular weight is 390 g/mol. The molecule has 6 nitrogen and oxygen atoms in total. The van der Waals surface area contributed by atoms with Crippen molar-refractivity contribution in [3.8, 4) is 28.4 Å². The van der Waals surface area contributed by atoms with Gasteiger partial charge in [-0.25, -0.2) is 5.43 Å². The largest absolute Gasteiger partial charge is 0.504 e. The van der Waals surface area contributed by atoms with Crippen LogP contribution in [0.15, 0.2) is 77.9 Å². The van der Waals surface area contributed by atoms with Crippen molar-refractivity contribution < 1.29 is 19.4 Å². The number of nitrogens with zero attached hydrogens (tertiary/aromatic N) is 1. The van der Waals surface area contributed by atoms with E-state index in [2.05, 4.69) is 10.5 Å². The second-order valence-electron chi connectivity index (χ2n) is 6.32. The van der Waals surface area contributed by atoms with Gasteiger partial charge >= 0.3 is 0 Å². The van der Waals surface area contributed by atoms with Gasteiger partial charge in [-0.05, 0) is 53.9 Å². The van der Waals surface area contributed by atoms with E-state index in [1.165, 1.54) is 19.4 Å². The first-order valence-corrected chi connectivity index (χ1v) is 9.09. The molecule has 0 aliphatic carbocycles. The summed E-state index contributed by atoms with van der Waals surface area (Å²) in [7, 11) is 1.46. The number of carbonyl (C=O) groups is 1. The molecule has 0 aliphatic rings. The molecule has 0 radical (unpaired) electrons. The minimum atomic E-state index is -0.718. The van der Waals surface area contributed by atoms with Crippen molar-refractivity contribution in [3.63, 3.8) is 0 Å². The van der Waals surface area contributed by atoms with E-state index in [4.69, 9.17) is 9.47 Å². The van der Waals surface area contributed by atoms with Gasteiger partial charge in [-0.1, -0.05) is 42.5 Å². The molecular formula is C23H22N2O4. The standard InChI is InChI=1S/C23H22N2O4/c1-16(23(27)25-24-15-17-8-13-21(26)22(14-17)28-2)29-20-11-9-19(10-12-20)18-6-4-3-5-7-18/h3-16,26H,1-2H3,(H,25,27)/b24-15-/t16-/m1/s1. The van der Waals surface area contributed by atoms with E-state index in [0.717, 1.165) is 11.1 Å². The lowest BCUT2D eigenvalue weighted by atomic mass is 10.1. The number of carbonyl (C=O) groups excluding carboxylic acids is 1. The Labute approximate surface area is 169 Å². The van der Waals surface area contributed by atoms with Crippen molar-refractivity contribution in [1.82, 2.24) is 5.43 Å². The van der Waals surface area contributed by atoms with Crippen molar-refractivity contribution in [1.29, 1.82) is 0 Å². The minimum Gasteiger partial charge on any atom is -0.504 e. The lowest BCUT2D eigenvalue weighted by molar-refractivity contribution is -0.127. The fourth-order valence-corrected chi connectivity index (χ4v) is 2.65. The molecule has 0 aliphatic heterocycles. The SMILES string of the molecule is COc1cc(/C=N\NC(=O)[C@@H](C)Oc2ccc(-c3ccccc3)cc2)ccc1O. The number of nitrogens with one attached hydrogen (secondary N) is 1. The molecule has 148 valence electrons. The molecule has 0 unspecified atom stereocenters. The molecule has 1 atom stereocenters. The lowest BCUT2D eigenvalue weighted by Gasteiger charge is -2.13. The number of amides is 1. The zero-order chi connectivity index (χ0) is 20.6. The van der Waals surface area contributed by atoms with Crippen LogP contribution in [0.5, 0.6) is 17.2 Å². The van der Waals surface area contributed by atoms with Crippen LogP contribution in [0.25, 0.3) is 11.1 Å². The molecule has 0 aromatic heterocycles. The maximum atomic E-state index is 12.2. The Morgan fingerprint density at radius 2 is 1.72 bits per heavy atom. The molecule has 1 amide bonds. The van der Waals surface area contributed by atoms with Crippen molar-refractivity contribution in [3.05, 3.63) is 78.4 Å². The number of methoxy groups -OCH3 is 1.